The standard InChI is InChI=1S/C6H9N5O2/c1-7-6(13)11-10-5(12)4-2-8-9-3-4/h2-3H,1H3,(H,8,9)(H,10,12)(H2,7,11,13). The monoisotopic (exact) mass is 183 g/mol. The second kappa shape index (κ2) is 4.10. The van der Waals surface area contributed by atoms with Gasteiger partial charge in [-0.2, -0.15) is 5.10 Å². The minimum atomic E-state index is -0.489. The summed E-state index contributed by atoms with van der Waals surface area (Å²) in [5.74, 6) is -0.433. The average Bonchev–Trinajstić information content (AvgIpc) is 2.66. The quantitative estimate of drug-likeness (QED) is 0.419. The van der Waals surface area contributed by atoms with Gasteiger partial charge in [-0.3, -0.25) is 15.3 Å². The minimum Gasteiger partial charge on any atom is -0.340 e. The van der Waals surface area contributed by atoms with E-state index in [0.29, 0.717) is 5.56 Å². The Morgan fingerprint density at radius 3 is 2.77 bits per heavy atom. The number of aromatic nitrogens is 2. The predicted octanol–water partition coefficient (Wildman–Crippen LogP) is -1.02. The van der Waals surface area contributed by atoms with Crippen LogP contribution in [0.15, 0.2) is 12.4 Å². The average molecular weight is 183 g/mol. The molecule has 0 atom stereocenters. The van der Waals surface area contributed by atoms with Gasteiger partial charge in [0.25, 0.3) is 5.91 Å². The van der Waals surface area contributed by atoms with Gasteiger partial charge in [-0.05, 0) is 0 Å². The molecule has 0 bridgehead atoms. The molecule has 3 amide bonds. The molecule has 0 aliphatic rings. The van der Waals surface area contributed by atoms with Crippen molar-refractivity contribution in [2.24, 2.45) is 0 Å². The second-order valence-electron chi connectivity index (χ2n) is 2.15. The fourth-order valence-electron chi connectivity index (χ4n) is 0.623. The van der Waals surface area contributed by atoms with Gasteiger partial charge in [-0.25, -0.2) is 10.2 Å². The molecule has 13 heavy (non-hydrogen) atoms. The fraction of sp³-hybridized carbons (Fsp3) is 0.167. The van der Waals surface area contributed by atoms with Crippen LogP contribution in [0.25, 0.3) is 0 Å². The van der Waals surface area contributed by atoms with Gasteiger partial charge in [0.2, 0.25) is 0 Å². The smallest absolute Gasteiger partial charge is 0.333 e. The topological polar surface area (TPSA) is 98.9 Å². The van der Waals surface area contributed by atoms with E-state index in [1.807, 2.05) is 0 Å². The first-order chi connectivity index (χ1) is 6.24. The molecule has 0 fully saturated rings. The summed E-state index contributed by atoms with van der Waals surface area (Å²) in [6, 6.07) is -0.489. The molecular weight excluding hydrogens is 174 g/mol. The predicted molar refractivity (Wildman–Crippen MR) is 43.6 cm³/mol. The minimum absolute atomic E-state index is 0.344. The summed E-state index contributed by atoms with van der Waals surface area (Å²) < 4.78 is 0. The normalized spacial score (nSPS) is 9.00. The maximum Gasteiger partial charge on any atom is 0.333 e. The molecule has 0 saturated carbocycles. The molecule has 0 radical (unpaired) electrons. The van der Waals surface area contributed by atoms with Crippen LogP contribution in [0.5, 0.6) is 0 Å². The Hall–Kier alpha value is -2.05. The van der Waals surface area contributed by atoms with Gasteiger partial charge in [-0.15, -0.1) is 0 Å². The fourth-order valence-corrected chi connectivity index (χ4v) is 0.623. The van der Waals surface area contributed by atoms with E-state index < -0.39 is 11.9 Å². The molecule has 0 aliphatic heterocycles. The van der Waals surface area contributed by atoms with Gasteiger partial charge in [-0.1, -0.05) is 0 Å². The van der Waals surface area contributed by atoms with Gasteiger partial charge in [0.15, 0.2) is 0 Å². The van der Waals surface area contributed by atoms with Crippen LogP contribution in [0.3, 0.4) is 0 Å². The number of rotatable bonds is 1. The number of hydrogen-bond acceptors (Lipinski definition) is 3. The van der Waals surface area contributed by atoms with Crippen molar-refractivity contribution < 1.29 is 9.59 Å². The Morgan fingerprint density at radius 2 is 2.23 bits per heavy atom. The van der Waals surface area contributed by atoms with Crippen molar-refractivity contribution in [2.45, 2.75) is 0 Å². The number of amides is 3. The van der Waals surface area contributed by atoms with Gasteiger partial charge in [0.1, 0.15) is 0 Å². The van der Waals surface area contributed by atoms with Crippen molar-refractivity contribution in [2.75, 3.05) is 7.05 Å². The summed E-state index contributed by atoms with van der Waals surface area (Å²) in [4.78, 5) is 21.7. The van der Waals surface area contributed by atoms with Crippen LogP contribution in [0.1, 0.15) is 10.4 Å². The zero-order valence-electron chi connectivity index (χ0n) is 6.92. The van der Waals surface area contributed by atoms with Crippen LogP contribution in [0.2, 0.25) is 0 Å². The lowest BCUT2D eigenvalue weighted by Crippen LogP contribution is -2.45. The highest BCUT2D eigenvalue weighted by atomic mass is 16.2. The highest BCUT2D eigenvalue weighted by Crippen LogP contribution is 1.90. The number of urea groups is 1. The maximum atomic E-state index is 11.1. The summed E-state index contributed by atoms with van der Waals surface area (Å²) in [5, 5.41) is 8.33. The van der Waals surface area contributed by atoms with Crippen LogP contribution < -0.4 is 16.2 Å². The molecule has 1 aromatic heterocycles. The third-order valence-corrected chi connectivity index (χ3v) is 1.28. The number of nitrogens with one attached hydrogen (secondary N) is 4. The molecule has 7 heteroatoms. The number of nitrogens with zero attached hydrogens (tertiary/aromatic N) is 1. The molecule has 1 heterocycles. The summed E-state index contributed by atoms with van der Waals surface area (Å²) >= 11 is 0. The zero-order valence-corrected chi connectivity index (χ0v) is 6.92. The number of carbonyl (C=O) groups is 2. The molecule has 0 aromatic carbocycles. The van der Waals surface area contributed by atoms with Crippen molar-refractivity contribution in [3.05, 3.63) is 18.0 Å². The lowest BCUT2D eigenvalue weighted by molar-refractivity contribution is 0.0936. The van der Waals surface area contributed by atoms with E-state index >= 15 is 0 Å². The SMILES string of the molecule is CNC(=O)NNC(=O)c1cn[nH]c1. The van der Waals surface area contributed by atoms with Crippen LogP contribution in [0.4, 0.5) is 4.79 Å². The van der Waals surface area contributed by atoms with Crippen molar-refractivity contribution in [1.29, 1.82) is 0 Å². The molecule has 0 saturated heterocycles. The zero-order chi connectivity index (χ0) is 9.68. The highest BCUT2D eigenvalue weighted by molar-refractivity contribution is 5.94. The third-order valence-electron chi connectivity index (χ3n) is 1.28. The van der Waals surface area contributed by atoms with Crippen LogP contribution >= 0.6 is 0 Å². The lowest BCUT2D eigenvalue weighted by Gasteiger charge is -2.03. The van der Waals surface area contributed by atoms with E-state index in [0.717, 1.165) is 0 Å². The molecule has 0 spiro atoms. The molecule has 1 aromatic rings. The van der Waals surface area contributed by atoms with Gasteiger partial charge < -0.3 is 5.32 Å². The number of hydrogen-bond donors (Lipinski definition) is 4. The number of hydrazine groups is 1. The number of aromatic amines is 1. The summed E-state index contributed by atoms with van der Waals surface area (Å²) in [6.45, 7) is 0. The van der Waals surface area contributed by atoms with E-state index in [4.69, 9.17) is 0 Å². The Kier molecular flexibility index (Phi) is 2.85. The van der Waals surface area contributed by atoms with Gasteiger partial charge >= 0.3 is 6.03 Å². The van der Waals surface area contributed by atoms with Crippen molar-refractivity contribution in [3.63, 3.8) is 0 Å². The first-order valence-electron chi connectivity index (χ1n) is 3.51. The molecular formula is C6H9N5O2. The second-order valence-corrected chi connectivity index (χ2v) is 2.15. The van der Waals surface area contributed by atoms with E-state index in [1.165, 1.54) is 19.4 Å². The molecule has 70 valence electrons. The molecule has 7 nitrogen and oxygen atoms in total. The Balaban J connectivity index is 2.39. The third kappa shape index (κ3) is 2.47. The Labute approximate surface area is 73.9 Å². The summed E-state index contributed by atoms with van der Waals surface area (Å²) in [5.41, 5.74) is 4.65. The first kappa shape index (κ1) is 9.04. The molecule has 1 rings (SSSR count). The summed E-state index contributed by atoms with van der Waals surface area (Å²) in [7, 11) is 1.44. The van der Waals surface area contributed by atoms with Crippen molar-refractivity contribution in [1.82, 2.24) is 26.4 Å². The Bertz CT molecular complexity index is 294. The van der Waals surface area contributed by atoms with E-state index in [1.54, 1.807) is 0 Å². The van der Waals surface area contributed by atoms with Crippen LogP contribution in [0, 0.1) is 0 Å². The molecule has 0 unspecified atom stereocenters. The Morgan fingerprint density at radius 1 is 1.46 bits per heavy atom. The van der Waals surface area contributed by atoms with Gasteiger partial charge in [0, 0.05) is 13.2 Å². The van der Waals surface area contributed by atoms with Crippen molar-refractivity contribution in [3.8, 4) is 0 Å². The number of H-pyrrole nitrogens is 1. The van der Waals surface area contributed by atoms with Crippen LogP contribution in [-0.4, -0.2) is 29.2 Å². The largest absolute Gasteiger partial charge is 0.340 e. The van der Waals surface area contributed by atoms with Crippen molar-refractivity contribution >= 4 is 11.9 Å². The maximum absolute atomic E-state index is 11.1. The van der Waals surface area contributed by atoms with E-state index in [2.05, 4.69) is 26.4 Å². The number of carbonyl (C=O) groups excluding carboxylic acids is 2. The van der Waals surface area contributed by atoms with Gasteiger partial charge in [0.05, 0.1) is 11.8 Å². The molecule has 0 aliphatic carbocycles. The highest BCUT2D eigenvalue weighted by Gasteiger charge is 2.06. The van der Waals surface area contributed by atoms with Crippen LogP contribution in [-0.2, 0) is 0 Å². The lowest BCUT2D eigenvalue weighted by atomic mass is 10.3. The summed E-state index contributed by atoms with van der Waals surface area (Å²) in [6.07, 6.45) is 2.77. The molecule has 4 N–H and O–H groups in total. The van der Waals surface area contributed by atoms with E-state index in [-0.39, 0.29) is 0 Å². The van der Waals surface area contributed by atoms with E-state index in [9.17, 15) is 9.59 Å². The first-order valence-corrected chi connectivity index (χ1v) is 3.51.